The number of carboxylic acid groups (broad SMARTS) is 2. The van der Waals surface area contributed by atoms with E-state index in [1.165, 1.54) is 19.5 Å². The first-order valence-electron chi connectivity index (χ1n) is 13.2. The predicted octanol–water partition coefficient (Wildman–Crippen LogP) is 1.76. The topological polar surface area (TPSA) is 246 Å². The summed E-state index contributed by atoms with van der Waals surface area (Å²) in [6.07, 6.45) is 1.59. The van der Waals surface area contributed by atoms with Crippen molar-refractivity contribution in [1.82, 2.24) is 9.55 Å². The molecule has 4 atom stereocenters. The zero-order chi connectivity index (χ0) is 32.0. The maximum absolute atomic E-state index is 11.7. The molecular formula is C25H45N2O13P. The Balaban J connectivity index is 0.000000672. The molecule has 1 aromatic heterocycles. The summed E-state index contributed by atoms with van der Waals surface area (Å²) in [6.45, 7) is 10.2. The first-order chi connectivity index (χ1) is 18.8. The van der Waals surface area contributed by atoms with Gasteiger partial charge in [0.15, 0.2) is 0 Å². The number of phosphoric ester groups is 1. The summed E-state index contributed by atoms with van der Waals surface area (Å²) in [7, 11) is -4.67. The van der Waals surface area contributed by atoms with Crippen molar-refractivity contribution in [3.63, 3.8) is 0 Å². The minimum absolute atomic E-state index is 0.0283. The number of rotatable bonds is 12. The van der Waals surface area contributed by atoms with E-state index in [9.17, 15) is 28.8 Å². The fourth-order valence-corrected chi connectivity index (χ4v) is 4.27. The maximum Gasteiger partial charge on any atom is 0.469 e. The van der Waals surface area contributed by atoms with E-state index >= 15 is 0 Å². The highest BCUT2D eigenvalue weighted by molar-refractivity contribution is 7.46. The Hall–Kier alpha value is -2.39. The SMILES string of the molecule is CC(CCO)CC(C)(C)C.Cc1cn([C@H]2C[C@H](O)[C@@H](COP(=O)(O)O)O2)c(=O)[nH]c1=O.O=C(O)CCCCC(=O)O. The molecule has 1 aliphatic heterocycles. The number of ether oxygens (including phenoxy) is 1. The Labute approximate surface area is 238 Å². The first-order valence-corrected chi connectivity index (χ1v) is 14.7. The van der Waals surface area contributed by atoms with E-state index in [2.05, 4.69) is 37.2 Å². The number of aliphatic hydroxyl groups excluding tert-OH is 2. The highest BCUT2D eigenvalue weighted by atomic mass is 31.2. The number of aliphatic carboxylic acids is 2. The Kier molecular flexibility index (Phi) is 17.2. The minimum atomic E-state index is -4.67. The number of nitrogens with one attached hydrogen (secondary N) is 1. The van der Waals surface area contributed by atoms with Crippen LogP contribution in [0.5, 0.6) is 0 Å². The van der Waals surface area contributed by atoms with Crippen LogP contribution in [0.25, 0.3) is 0 Å². The lowest BCUT2D eigenvalue weighted by molar-refractivity contribution is -0.139. The van der Waals surface area contributed by atoms with Gasteiger partial charge < -0.3 is 34.9 Å². The number of hydrogen-bond acceptors (Lipinski definition) is 9. The lowest BCUT2D eigenvalue weighted by atomic mass is 9.84. The molecule has 0 aromatic carbocycles. The molecule has 0 amide bonds. The van der Waals surface area contributed by atoms with Crippen molar-refractivity contribution in [2.75, 3.05) is 13.2 Å². The fourth-order valence-electron chi connectivity index (χ4n) is 3.93. The number of hydrogen-bond donors (Lipinski definition) is 7. The summed E-state index contributed by atoms with van der Waals surface area (Å²) in [4.78, 5) is 62.1. The third kappa shape index (κ3) is 18.6. The first kappa shape index (κ1) is 38.6. The second-order valence-corrected chi connectivity index (χ2v) is 12.3. The second kappa shape index (κ2) is 18.2. The predicted molar refractivity (Wildman–Crippen MR) is 147 cm³/mol. The number of unbranched alkanes of at least 4 members (excludes halogenated alkanes) is 1. The second-order valence-electron chi connectivity index (χ2n) is 11.1. The number of carbonyl (C=O) groups is 2. The average molecular weight is 613 g/mol. The molecule has 0 aliphatic carbocycles. The smallest absolute Gasteiger partial charge is 0.469 e. The van der Waals surface area contributed by atoms with Gasteiger partial charge in [0.1, 0.15) is 12.3 Å². The van der Waals surface area contributed by atoms with Gasteiger partial charge in [0.05, 0.1) is 12.7 Å². The van der Waals surface area contributed by atoms with Crippen LogP contribution >= 0.6 is 7.82 Å². The van der Waals surface area contributed by atoms with Gasteiger partial charge in [-0.2, -0.15) is 0 Å². The van der Waals surface area contributed by atoms with Crippen molar-refractivity contribution in [1.29, 1.82) is 0 Å². The van der Waals surface area contributed by atoms with E-state index in [1.807, 2.05) is 0 Å². The number of carboxylic acids is 2. The fraction of sp³-hybridized carbons (Fsp3) is 0.760. The molecule has 2 heterocycles. The lowest BCUT2D eigenvalue weighted by Gasteiger charge is -2.22. The van der Waals surface area contributed by atoms with Crippen molar-refractivity contribution < 1.29 is 53.6 Å². The zero-order valence-electron chi connectivity index (χ0n) is 24.2. The molecule has 2 rings (SSSR count). The molecule has 1 saturated heterocycles. The Bertz CT molecular complexity index is 1090. The molecule has 0 saturated carbocycles. The highest BCUT2D eigenvalue weighted by Gasteiger charge is 2.37. The minimum Gasteiger partial charge on any atom is -0.481 e. The van der Waals surface area contributed by atoms with Gasteiger partial charge in [-0.1, -0.05) is 27.7 Å². The molecule has 1 aromatic rings. The molecule has 0 spiro atoms. The van der Waals surface area contributed by atoms with Crippen LogP contribution in [0.2, 0.25) is 0 Å². The van der Waals surface area contributed by atoms with Gasteiger partial charge >= 0.3 is 25.5 Å². The quantitative estimate of drug-likeness (QED) is 0.131. The van der Waals surface area contributed by atoms with E-state index < -0.39 is 56.1 Å². The summed E-state index contributed by atoms with van der Waals surface area (Å²) < 4.78 is 21.4. The Morgan fingerprint density at radius 2 is 1.71 bits per heavy atom. The Morgan fingerprint density at radius 1 is 1.17 bits per heavy atom. The van der Waals surface area contributed by atoms with E-state index in [0.717, 1.165) is 11.0 Å². The van der Waals surface area contributed by atoms with Crippen LogP contribution in [0, 0.1) is 18.3 Å². The summed E-state index contributed by atoms with van der Waals surface area (Å²) in [5.41, 5.74) is -0.507. The monoisotopic (exact) mass is 612 g/mol. The van der Waals surface area contributed by atoms with Crippen LogP contribution in [-0.4, -0.2) is 77.1 Å². The number of aromatic nitrogens is 2. The molecule has 0 radical (unpaired) electrons. The van der Waals surface area contributed by atoms with Crippen LogP contribution in [-0.2, 0) is 23.4 Å². The summed E-state index contributed by atoms with van der Waals surface area (Å²) in [5, 5.41) is 34.7. The third-order valence-corrected chi connectivity index (χ3v) is 6.17. The van der Waals surface area contributed by atoms with E-state index in [0.29, 0.717) is 36.3 Å². The Morgan fingerprint density at radius 3 is 2.15 bits per heavy atom. The molecule has 1 unspecified atom stereocenters. The molecule has 41 heavy (non-hydrogen) atoms. The molecule has 238 valence electrons. The molecule has 1 fully saturated rings. The summed E-state index contributed by atoms with van der Waals surface area (Å²) in [6, 6.07) is 0. The van der Waals surface area contributed by atoms with Crippen LogP contribution in [0.3, 0.4) is 0 Å². The standard InChI is InChI=1S/C10H15N2O8P.C9H20O.C6H10O4/c1-5-3-12(10(15)11-9(5)14)8-2-6(13)7(20-8)4-19-21(16,17)18;1-8(5-6-10)7-9(2,3)4;7-5(8)3-1-2-4-6(9)10/h3,6-8,13H,2,4H2,1H3,(H,11,14,15)(H2,16,17,18);8,10H,5-7H2,1-4H3;1-4H2,(H,7,8)(H,9,10)/t6-,7+,8+;;/m0../s1. The lowest BCUT2D eigenvalue weighted by Crippen LogP contribution is -2.33. The molecular weight excluding hydrogens is 567 g/mol. The molecule has 15 nitrogen and oxygen atoms in total. The third-order valence-electron chi connectivity index (χ3n) is 5.68. The van der Waals surface area contributed by atoms with E-state index in [1.54, 1.807) is 0 Å². The van der Waals surface area contributed by atoms with Gasteiger partial charge in [0.2, 0.25) is 0 Å². The number of nitrogens with zero attached hydrogens (tertiary/aromatic N) is 1. The van der Waals surface area contributed by atoms with Crippen molar-refractivity contribution in [3.05, 3.63) is 32.6 Å². The van der Waals surface area contributed by atoms with Gasteiger partial charge in [-0.3, -0.25) is 28.5 Å². The van der Waals surface area contributed by atoms with Gasteiger partial charge in [-0.25, -0.2) is 9.36 Å². The number of aryl methyl sites for hydroxylation is 1. The van der Waals surface area contributed by atoms with Gasteiger partial charge in [0, 0.05) is 37.6 Å². The van der Waals surface area contributed by atoms with Crippen molar-refractivity contribution in [3.8, 4) is 0 Å². The van der Waals surface area contributed by atoms with Gasteiger partial charge in [-0.05, 0) is 43.9 Å². The van der Waals surface area contributed by atoms with Crippen molar-refractivity contribution in [2.45, 2.75) is 98.0 Å². The molecule has 1 aliphatic rings. The van der Waals surface area contributed by atoms with Crippen LogP contribution in [0.1, 0.15) is 84.4 Å². The average Bonchev–Trinajstić information content (AvgIpc) is 3.17. The van der Waals surface area contributed by atoms with Gasteiger partial charge in [-0.15, -0.1) is 0 Å². The maximum atomic E-state index is 11.7. The van der Waals surface area contributed by atoms with Gasteiger partial charge in [0.25, 0.3) is 5.56 Å². The van der Waals surface area contributed by atoms with Crippen molar-refractivity contribution >= 4 is 19.8 Å². The number of aliphatic hydroxyl groups is 2. The van der Waals surface area contributed by atoms with Crippen LogP contribution < -0.4 is 11.2 Å². The van der Waals surface area contributed by atoms with Crippen LogP contribution in [0.15, 0.2) is 15.8 Å². The summed E-state index contributed by atoms with van der Waals surface area (Å²) in [5.74, 6) is -1.08. The number of H-pyrrole nitrogens is 1. The van der Waals surface area contributed by atoms with E-state index in [4.69, 9.17) is 29.8 Å². The van der Waals surface area contributed by atoms with Crippen molar-refractivity contribution in [2.24, 2.45) is 11.3 Å². The molecule has 16 heteroatoms. The van der Waals surface area contributed by atoms with E-state index in [-0.39, 0.29) is 19.3 Å². The number of phosphoric acid groups is 1. The normalized spacial score (nSPS) is 19.4. The molecule has 7 N–H and O–H groups in total. The zero-order valence-corrected chi connectivity index (χ0v) is 25.1. The van der Waals surface area contributed by atoms with Crippen LogP contribution in [0.4, 0.5) is 0 Å². The highest BCUT2D eigenvalue weighted by Crippen LogP contribution is 2.38. The number of aromatic amines is 1. The summed E-state index contributed by atoms with van der Waals surface area (Å²) >= 11 is 0. The largest absolute Gasteiger partial charge is 0.481 e. The molecule has 0 bridgehead atoms.